The number of nitrogens with zero attached hydrogens (tertiary/aromatic N) is 2. The van der Waals surface area contributed by atoms with Gasteiger partial charge in [-0.3, -0.25) is 0 Å². The Hall–Kier alpha value is -8.20. The van der Waals surface area contributed by atoms with Crippen molar-refractivity contribution in [3.05, 3.63) is 190 Å². The Morgan fingerprint density at radius 3 is 1.20 bits per heavy atom. The lowest BCUT2D eigenvalue weighted by Crippen LogP contribution is -2.25. The van der Waals surface area contributed by atoms with Crippen LogP contribution in [-0.4, -0.2) is 26.2 Å². The highest BCUT2D eigenvalue weighted by Crippen LogP contribution is 2.55. The SMILES string of the molecule is CCCCCCC1(CCCCCC)c2cc(/C=C(\C#N)c3ccc(OC(=O)/C=C/c4ccc(OC)cc4)cc3)ccc2-c2ccc(/C=C(\C#N)c3ccc(OC(=O)/C=C/c4ccc(OC)cc4)cc3)cc21. The molecule has 6 aromatic rings. The number of carbonyl (C=O) groups excluding carboxylic acids is 2. The first-order valence-corrected chi connectivity index (χ1v) is 24.5. The van der Waals surface area contributed by atoms with Crippen molar-refractivity contribution in [1.29, 1.82) is 10.5 Å². The minimum Gasteiger partial charge on any atom is -0.497 e. The van der Waals surface area contributed by atoms with Gasteiger partial charge >= 0.3 is 11.9 Å². The van der Waals surface area contributed by atoms with E-state index in [0.717, 1.165) is 85.1 Å². The summed E-state index contributed by atoms with van der Waals surface area (Å²) in [5.74, 6) is 1.21. The maximum absolute atomic E-state index is 12.7. The normalized spacial score (nSPS) is 12.8. The molecule has 0 bridgehead atoms. The number of allylic oxidation sites excluding steroid dienone is 2. The number of rotatable bonds is 22. The van der Waals surface area contributed by atoms with Gasteiger partial charge < -0.3 is 18.9 Å². The standard InChI is InChI=1S/C63H60N2O6/c1-5-7-9-11-37-63(38-12-10-8-6-2)59-41-47(39-51(43-64)49-21-29-55(30-22-49)70-61(66)35-19-45-13-25-53(68-3)26-14-45)17-33-57(59)58-34-18-48(42-60(58)63)40-52(44-65)50-23-31-56(32-24-50)71-62(67)36-20-46-15-27-54(69-4)28-16-46/h13-36,39-42H,5-12,37-38H2,1-4H3/b35-19+,36-20+,51-39+,52-40+. The summed E-state index contributed by atoms with van der Waals surface area (Å²) >= 11 is 0. The van der Waals surface area contributed by atoms with Crippen LogP contribution in [0, 0.1) is 22.7 Å². The van der Waals surface area contributed by atoms with Crippen LogP contribution in [-0.2, 0) is 15.0 Å². The summed E-state index contributed by atoms with van der Waals surface area (Å²) < 4.78 is 21.6. The van der Waals surface area contributed by atoms with Gasteiger partial charge in [0, 0.05) is 17.6 Å². The van der Waals surface area contributed by atoms with Gasteiger partial charge in [0.15, 0.2) is 0 Å². The van der Waals surface area contributed by atoms with E-state index >= 15 is 0 Å². The highest BCUT2D eigenvalue weighted by atomic mass is 16.5. The van der Waals surface area contributed by atoms with E-state index in [0.29, 0.717) is 33.8 Å². The maximum atomic E-state index is 12.7. The van der Waals surface area contributed by atoms with Crippen molar-refractivity contribution < 1.29 is 28.5 Å². The second-order valence-corrected chi connectivity index (χ2v) is 17.8. The first kappa shape index (κ1) is 50.7. The van der Waals surface area contributed by atoms with Crippen LogP contribution in [0.25, 0.3) is 46.6 Å². The average Bonchev–Trinajstić information content (AvgIpc) is 3.66. The number of benzene rings is 6. The van der Waals surface area contributed by atoms with Crippen molar-refractivity contribution in [3.8, 4) is 46.3 Å². The number of unbranched alkanes of at least 4 members (excludes halogenated alkanes) is 6. The van der Waals surface area contributed by atoms with Gasteiger partial charge in [-0.15, -0.1) is 0 Å². The molecule has 0 N–H and O–H groups in total. The number of hydrogen-bond donors (Lipinski definition) is 0. The lowest BCUT2D eigenvalue weighted by atomic mass is 9.70. The van der Waals surface area contributed by atoms with Crippen LogP contribution in [0.5, 0.6) is 23.0 Å². The number of ether oxygens (including phenoxy) is 4. The van der Waals surface area contributed by atoms with Crippen molar-refractivity contribution in [3.63, 3.8) is 0 Å². The van der Waals surface area contributed by atoms with Crippen LogP contribution in [0.2, 0.25) is 0 Å². The molecule has 7 rings (SSSR count). The summed E-state index contributed by atoms with van der Waals surface area (Å²) in [7, 11) is 3.21. The van der Waals surface area contributed by atoms with Crippen molar-refractivity contribution in [2.75, 3.05) is 14.2 Å². The molecular weight excluding hydrogens is 881 g/mol. The molecule has 8 nitrogen and oxygen atoms in total. The van der Waals surface area contributed by atoms with Gasteiger partial charge in [0.05, 0.1) is 37.5 Å². The third-order valence-corrected chi connectivity index (χ3v) is 13.0. The first-order valence-electron chi connectivity index (χ1n) is 24.5. The van der Waals surface area contributed by atoms with E-state index in [4.69, 9.17) is 18.9 Å². The zero-order valence-electron chi connectivity index (χ0n) is 41.1. The summed E-state index contributed by atoms with van der Waals surface area (Å²) in [5.41, 5.74) is 10.7. The summed E-state index contributed by atoms with van der Waals surface area (Å²) in [6, 6.07) is 46.8. The second-order valence-electron chi connectivity index (χ2n) is 17.8. The van der Waals surface area contributed by atoms with Gasteiger partial charge in [0.1, 0.15) is 23.0 Å². The number of esters is 2. The van der Waals surface area contributed by atoms with E-state index in [-0.39, 0.29) is 5.41 Å². The van der Waals surface area contributed by atoms with E-state index in [2.05, 4.69) is 62.4 Å². The highest BCUT2D eigenvalue weighted by molar-refractivity contribution is 5.94. The van der Waals surface area contributed by atoms with Gasteiger partial charge in [0.25, 0.3) is 0 Å². The van der Waals surface area contributed by atoms with Crippen LogP contribution in [0.4, 0.5) is 0 Å². The molecule has 0 saturated carbocycles. The summed E-state index contributed by atoms with van der Waals surface area (Å²) in [4.78, 5) is 25.3. The van der Waals surface area contributed by atoms with E-state index in [1.54, 1.807) is 74.9 Å². The zero-order chi connectivity index (χ0) is 50.0. The number of fused-ring (bicyclic) bond motifs is 3. The molecule has 0 amide bonds. The Kier molecular flexibility index (Phi) is 17.8. The fraction of sp³-hybridized carbons (Fsp3) is 0.238. The summed E-state index contributed by atoms with van der Waals surface area (Å²) in [6.45, 7) is 4.48. The number of hydrogen-bond acceptors (Lipinski definition) is 8. The molecular formula is C63H60N2O6. The van der Waals surface area contributed by atoms with Crippen molar-refractivity contribution in [2.24, 2.45) is 0 Å². The molecule has 0 unspecified atom stereocenters. The topological polar surface area (TPSA) is 119 Å². The van der Waals surface area contributed by atoms with Crippen molar-refractivity contribution in [2.45, 2.75) is 83.5 Å². The van der Waals surface area contributed by atoms with Crippen molar-refractivity contribution >= 4 is 47.4 Å². The Morgan fingerprint density at radius 2 is 0.845 bits per heavy atom. The average molecular weight is 941 g/mol. The predicted molar refractivity (Wildman–Crippen MR) is 285 cm³/mol. The van der Waals surface area contributed by atoms with Crippen molar-refractivity contribution in [1.82, 2.24) is 0 Å². The zero-order valence-corrected chi connectivity index (χ0v) is 41.1. The van der Waals surface area contributed by atoms with E-state index in [1.807, 2.05) is 60.7 Å². The minimum atomic E-state index is -0.507. The van der Waals surface area contributed by atoms with Gasteiger partial charge in [-0.2, -0.15) is 10.5 Å². The highest BCUT2D eigenvalue weighted by Gasteiger charge is 2.42. The Morgan fingerprint density at radius 1 is 0.479 bits per heavy atom. The summed E-state index contributed by atoms with van der Waals surface area (Å²) in [5, 5.41) is 21.0. The van der Waals surface area contributed by atoms with Gasteiger partial charge in [-0.05, 0) is 166 Å². The van der Waals surface area contributed by atoms with Gasteiger partial charge in [-0.1, -0.05) is 126 Å². The lowest BCUT2D eigenvalue weighted by molar-refractivity contribution is -0.129. The molecule has 0 aliphatic heterocycles. The minimum absolute atomic E-state index is 0.264. The molecule has 358 valence electrons. The Labute approximate surface area is 418 Å². The maximum Gasteiger partial charge on any atom is 0.336 e. The third kappa shape index (κ3) is 13.1. The van der Waals surface area contributed by atoms with E-state index in [1.165, 1.54) is 47.2 Å². The Balaban J connectivity index is 1.14. The van der Waals surface area contributed by atoms with Crippen LogP contribution in [0.3, 0.4) is 0 Å². The largest absolute Gasteiger partial charge is 0.497 e. The van der Waals surface area contributed by atoms with E-state index in [9.17, 15) is 20.1 Å². The van der Waals surface area contributed by atoms with Crippen LogP contribution >= 0.6 is 0 Å². The molecule has 0 fully saturated rings. The molecule has 0 atom stereocenters. The molecule has 0 aromatic heterocycles. The quantitative estimate of drug-likeness (QED) is 0.0165. The molecule has 71 heavy (non-hydrogen) atoms. The fourth-order valence-electron chi connectivity index (χ4n) is 9.24. The molecule has 0 radical (unpaired) electrons. The number of nitriles is 2. The Bertz CT molecular complexity index is 2790. The second kappa shape index (κ2) is 24.9. The first-order chi connectivity index (χ1) is 34.7. The van der Waals surface area contributed by atoms with E-state index < -0.39 is 11.9 Å². The molecule has 0 heterocycles. The molecule has 6 aromatic carbocycles. The van der Waals surface area contributed by atoms with Crippen LogP contribution < -0.4 is 18.9 Å². The molecule has 0 saturated heterocycles. The number of methoxy groups -OCH3 is 2. The van der Waals surface area contributed by atoms with Crippen LogP contribution in [0.1, 0.15) is 123 Å². The summed E-state index contributed by atoms with van der Waals surface area (Å²) in [6.07, 6.45) is 21.1. The van der Waals surface area contributed by atoms with Crippen LogP contribution in [0.15, 0.2) is 146 Å². The fourth-order valence-corrected chi connectivity index (χ4v) is 9.24. The molecule has 0 spiro atoms. The van der Waals surface area contributed by atoms with Gasteiger partial charge in [-0.25, -0.2) is 9.59 Å². The molecule has 1 aliphatic rings. The predicted octanol–water partition coefficient (Wildman–Crippen LogP) is 15.3. The lowest BCUT2D eigenvalue weighted by Gasteiger charge is -2.33. The van der Waals surface area contributed by atoms with Gasteiger partial charge in [0.2, 0.25) is 0 Å². The molecule has 1 aliphatic carbocycles. The third-order valence-electron chi connectivity index (χ3n) is 13.0. The number of carbonyl (C=O) groups is 2. The molecule has 8 heteroatoms. The monoisotopic (exact) mass is 940 g/mol. The smallest absolute Gasteiger partial charge is 0.336 e.